The minimum Gasteiger partial charge on any atom is -0.377 e. The van der Waals surface area contributed by atoms with Gasteiger partial charge in [0.25, 0.3) is 0 Å². The van der Waals surface area contributed by atoms with Gasteiger partial charge in [-0.05, 0) is 44.4 Å². The van der Waals surface area contributed by atoms with Crippen LogP contribution in [0.3, 0.4) is 0 Å². The van der Waals surface area contributed by atoms with Crippen molar-refractivity contribution >= 4 is 0 Å². The first-order chi connectivity index (χ1) is 9.16. The van der Waals surface area contributed by atoms with Gasteiger partial charge in [-0.25, -0.2) is 0 Å². The Morgan fingerprint density at radius 3 is 2.53 bits per heavy atom. The summed E-state index contributed by atoms with van der Waals surface area (Å²) in [6, 6.07) is 1.99. The van der Waals surface area contributed by atoms with Crippen LogP contribution in [-0.4, -0.2) is 48.8 Å². The smallest absolute Gasteiger partial charge is 0.0728 e. The van der Waals surface area contributed by atoms with Crippen LogP contribution in [0, 0.1) is 11.8 Å². The summed E-state index contributed by atoms with van der Waals surface area (Å²) >= 11 is 0. The van der Waals surface area contributed by atoms with Crippen LogP contribution in [0.15, 0.2) is 0 Å². The Morgan fingerprint density at radius 1 is 1.16 bits per heavy atom. The minimum atomic E-state index is 0.471. The molecule has 0 bridgehead atoms. The molecule has 19 heavy (non-hydrogen) atoms. The molecule has 4 unspecified atom stereocenters. The van der Waals surface area contributed by atoms with Gasteiger partial charge in [0.05, 0.1) is 6.10 Å². The van der Waals surface area contributed by atoms with Crippen molar-refractivity contribution in [1.29, 1.82) is 0 Å². The number of hydrogen-bond acceptors (Lipinski definition) is 3. The number of rotatable bonds is 4. The molecule has 1 N–H and O–H groups in total. The molecule has 2 heterocycles. The van der Waals surface area contributed by atoms with Crippen LogP contribution in [0.4, 0.5) is 0 Å². The zero-order chi connectivity index (χ0) is 13.4. The summed E-state index contributed by atoms with van der Waals surface area (Å²) in [6.45, 7) is 10.5. The molecule has 3 heteroatoms. The molecule has 1 aliphatic carbocycles. The van der Waals surface area contributed by atoms with Gasteiger partial charge < -0.3 is 10.1 Å². The lowest BCUT2D eigenvalue weighted by molar-refractivity contribution is -0.0174. The Hall–Kier alpha value is -0.120. The summed E-state index contributed by atoms with van der Waals surface area (Å²) in [6.07, 6.45) is 5.85. The SMILES string of the molecule is CC(C)C1CNC(C2CC2)CN1C(C)C1CCCO1. The Labute approximate surface area is 118 Å². The lowest BCUT2D eigenvalue weighted by atomic mass is 9.93. The van der Waals surface area contributed by atoms with Crippen LogP contribution in [-0.2, 0) is 4.74 Å². The molecule has 3 rings (SSSR count). The summed E-state index contributed by atoms with van der Waals surface area (Å²) < 4.78 is 5.95. The van der Waals surface area contributed by atoms with Crippen molar-refractivity contribution in [2.45, 2.75) is 70.7 Å². The zero-order valence-electron chi connectivity index (χ0n) is 12.8. The van der Waals surface area contributed by atoms with Crippen LogP contribution in [0.1, 0.15) is 46.5 Å². The van der Waals surface area contributed by atoms with E-state index in [0.29, 0.717) is 18.2 Å². The fraction of sp³-hybridized carbons (Fsp3) is 1.00. The number of nitrogens with one attached hydrogen (secondary N) is 1. The summed E-state index contributed by atoms with van der Waals surface area (Å²) in [7, 11) is 0. The van der Waals surface area contributed by atoms with Crippen molar-refractivity contribution in [2.24, 2.45) is 11.8 Å². The van der Waals surface area contributed by atoms with E-state index in [1.54, 1.807) is 0 Å². The summed E-state index contributed by atoms with van der Waals surface area (Å²) in [5.41, 5.74) is 0. The van der Waals surface area contributed by atoms with Crippen molar-refractivity contribution in [1.82, 2.24) is 10.2 Å². The van der Waals surface area contributed by atoms with E-state index in [0.717, 1.165) is 31.0 Å². The normalized spacial score (nSPS) is 38.8. The van der Waals surface area contributed by atoms with Crippen LogP contribution >= 0.6 is 0 Å². The van der Waals surface area contributed by atoms with Crippen molar-refractivity contribution in [3.63, 3.8) is 0 Å². The summed E-state index contributed by atoms with van der Waals surface area (Å²) in [5, 5.41) is 3.81. The Kier molecular flexibility index (Phi) is 4.16. The standard InChI is InChI=1S/C16H30N2O/c1-11(2)15-9-17-14(13-6-7-13)10-18(15)12(3)16-5-4-8-19-16/h11-17H,4-10H2,1-3H3. The molecular formula is C16H30N2O. The average molecular weight is 266 g/mol. The van der Waals surface area contributed by atoms with Crippen molar-refractivity contribution in [3.05, 3.63) is 0 Å². The van der Waals surface area contributed by atoms with Crippen molar-refractivity contribution in [3.8, 4) is 0 Å². The fourth-order valence-electron chi connectivity index (χ4n) is 3.91. The van der Waals surface area contributed by atoms with E-state index >= 15 is 0 Å². The Morgan fingerprint density at radius 2 is 1.95 bits per heavy atom. The first-order valence-electron chi connectivity index (χ1n) is 8.27. The Bertz CT molecular complexity index is 297. The van der Waals surface area contributed by atoms with Crippen molar-refractivity contribution in [2.75, 3.05) is 19.7 Å². The molecule has 0 spiro atoms. The molecule has 0 amide bonds. The van der Waals surface area contributed by atoms with Gasteiger partial charge >= 0.3 is 0 Å². The van der Waals surface area contributed by atoms with Gasteiger partial charge in [-0.15, -0.1) is 0 Å². The maximum atomic E-state index is 5.95. The first-order valence-corrected chi connectivity index (χ1v) is 8.27. The maximum absolute atomic E-state index is 5.95. The van der Waals surface area contributed by atoms with E-state index in [1.807, 2.05) is 0 Å². The van der Waals surface area contributed by atoms with Gasteiger partial charge in [0.2, 0.25) is 0 Å². The van der Waals surface area contributed by atoms with E-state index in [4.69, 9.17) is 4.74 Å². The van der Waals surface area contributed by atoms with Crippen LogP contribution in [0.2, 0.25) is 0 Å². The molecular weight excluding hydrogens is 236 g/mol. The summed E-state index contributed by atoms with van der Waals surface area (Å²) in [4.78, 5) is 2.76. The first kappa shape index (κ1) is 13.8. The fourth-order valence-corrected chi connectivity index (χ4v) is 3.91. The second-order valence-corrected chi connectivity index (χ2v) is 7.15. The summed E-state index contributed by atoms with van der Waals surface area (Å²) in [5.74, 6) is 1.67. The molecule has 0 aromatic carbocycles. The predicted octanol–water partition coefficient (Wildman–Crippen LogP) is 2.26. The molecule has 0 aromatic heterocycles. The quantitative estimate of drug-likeness (QED) is 0.845. The van der Waals surface area contributed by atoms with E-state index in [9.17, 15) is 0 Å². The number of piperazine rings is 1. The highest BCUT2D eigenvalue weighted by Gasteiger charge is 2.41. The highest BCUT2D eigenvalue weighted by atomic mass is 16.5. The highest BCUT2D eigenvalue weighted by molar-refractivity contribution is 4.98. The third kappa shape index (κ3) is 2.98. The van der Waals surface area contributed by atoms with E-state index in [1.165, 1.54) is 32.2 Å². The molecule has 4 atom stereocenters. The molecule has 110 valence electrons. The molecule has 0 aromatic rings. The van der Waals surface area contributed by atoms with Gasteiger partial charge in [0.15, 0.2) is 0 Å². The van der Waals surface area contributed by atoms with Gasteiger partial charge in [0, 0.05) is 37.8 Å². The van der Waals surface area contributed by atoms with Gasteiger partial charge in [-0.2, -0.15) is 0 Å². The number of hydrogen-bond donors (Lipinski definition) is 1. The Balaban J connectivity index is 1.68. The van der Waals surface area contributed by atoms with Crippen LogP contribution < -0.4 is 5.32 Å². The second kappa shape index (κ2) is 5.71. The lowest BCUT2D eigenvalue weighted by Crippen LogP contribution is -2.62. The molecule has 3 fully saturated rings. The van der Waals surface area contributed by atoms with Gasteiger partial charge in [-0.3, -0.25) is 4.90 Å². The minimum absolute atomic E-state index is 0.471. The third-order valence-electron chi connectivity index (χ3n) is 5.41. The average Bonchev–Trinajstić information content (AvgIpc) is 3.12. The van der Waals surface area contributed by atoms with E-state index < -0.39 is 0 Å². The molecule has 3 nitrogen and oxygen atoms in total. The lowest BCUT2D eigenvalue weighted by Gasteiger charge is -2.47. The highest BCUT2D eigenvalue weighted by Crippen LogP contribution is 2.36. The third-order valence-corrected chi connectivity index (χ3v) is 5.41. The number of nitrogens with zero attached hydrogens (tertiary/aromatic N) is 1. The maximum Gasteiger partial charge on any atom is 0.0728 e. The zero-order valence-corrected chi connectivity index (χ0v) is 12.8. The number of ether oxygens (including phenoxy) is 1. The molecule has 3 aliphatic rings. The topological polar surface area (TPSA) is 24.5 Å². The molecule has 2 saturated heterocycles. The molecule has 2 aliphatic heterocycles. The molecule has 1 saturated carbocycles. The van der Waals surface area contributed by atoms with Gasteiger partial charge in [-0.1, -0.05) is 13.8 Å². The van der Waals surface area contributed by atoms with Crippen molar-refractivity contribution < 1.29 is 4.74 Å². The monoisotopic (exact) mass is 266 g/mol. The van der Waals surface area contributed by atoms with Gasteiger partial charge in [0.1, 0.15) is 0 Å². The predicted molar refractivity (Wildman–Crippen MR) is 78.3 cm³/mol. The van der Waals surface area contributed by atoms with Crippen LogP contribution in [0.25, 0.3) is 0 Å². The van der Waals surface area contributed by atoms with Crippen LogP contribution in [0.5, 0.6) is 0 Å². The van der Waals surface area contributed by atoms with E-state index in [2.05, 4.69) is 31.0 Å². The second-order valence-electron chi connectivity index (χ2n) is 7.15. The van der Waals surface area contributed by atoms with E-state index in [-0.39, 0.29) is 0 Å². The largest absolute Gasteiger partial charge is 0.377 e. The molecule has 0 radical (unpaired) electrons.